The van der Waals surface area contributed by atoms with Gasteiger partial charge in [-0.05, 0) is 107 Å². The average Bonchev–Trinajstić information content (AvgIpc) is 1.64. The van der Waals surface area contributed by atoms with E-state index in [2.05, 4.69) is 168 Å². The summed E-state index contributed by atoms with van der Waals surface area (Å²) in [6.45, 7) is 27.8. The fraction of sp³-hybridized carbons (Fsp3) is 0.267. The lowest BCUT2D eigenvalue weighted by Crippen LogP contribution is -2.05. The molecule has 14 rings (SSSR count). The molecule has 3 unspecified atom stereocenters. The third kappa shape index (κ3) is 28.8. The molecule has 3 aliphatic rings. The molecule has 1 N–H and O–H groups in total. The topological polar surface area (TPSA) is 230 Å². The lowest BCUT2D eigenvalue weighted by atomic mass is 9.97. The molecule has 19 nitrogen and oxygen atoms in total. The van der Waals surface area contributed by atoms with Crippen LogP contribution in [0.25, 0.3) is 17.4 Å². The first kappa shape index (κ1) is 98.7. The van der Waals surface area contributed by atoms with E-state index in [1.807, 2.05) is 136 Å². The third-order valence-electron chi connectivity index (χ3n) is 16.8. The summed E-state index contributed by atoms with van der Waals surface area (Å²) in [4.78, 5) is 51.0. The van der Waals surface area contributed by atoms with Gasteiger partial charge < -0.3 is 33.4 Å². The molecule has 3 atom stereocenters. The summed E-state index contributed by atoms with van der Waals surface area (Å²) in [5.74, 6) is 7.76. The minimum Gasteiger partial charge on any atom is -0.537 e. The van der Waals surface area contributed by atoms with Gasteiger partial charge in [0.15, 0.2) is 0 Å². The Bertz CT molecular complexity index is 4890. The van der Waals surface area contributed by atoms with E-state index in [4.69, 9.17) is 75.1 Å². The fourth-order valence-corrected chi connectivity index (χ4v) is 12.9. The Morgan fingerprint density at radius 2 is 0.904 bits per heavy atom. The second-order valence-electron chi connectivity index (χ2n) is 24.3. The predicted molar refractivity (Wildman–Crippen MR) is 479 cm³/mol. The van der Waals surface area contributed by atoms with Crippen molar-refractivity contribution in [3.8, 4) is 29.4 Å². The molecule has 607 valence electrons. The molecular formula is C90H107BBrCl4N12O7. The quantitative estimate of drug-likeness (QED) is 0.0210. The summed E-state index contributed by atoms with van der Waals surface area (Å²) in [5, 5.41) is 10.8. The highest BCUT2D eigenvalue weighted by molar-refractivity contribution is 9.09. The lowest BCUT2D eigenvalue weighted by molar-refractivity contribution is 0.390. The zero-order chi connectivity index (χ0) is 80.4. The summed E-state index contributed by atoms with van der Waals surface area (Å²) in [6, 6.07) is 52.1. The van der Waals surface area contributed by atoms with E-state index in [0.29, 0.717) is 94.6 Å². The van der Waals surface area contributed by atoms with E-state index in [-0.39, 0.29) is 42.3 Å². The van der Waals surface area contributed by atoms with E-state index in [9.17, 15) is 0 Å². The molecule has 25 heteroatoms. The highest BCUT2D eigenvalue weighted by atomic mass is 79.9. The first-order valence-electron chi connectivity index (χ1n) is 35.1. The number of fused-ring (bicyclic) bond motifs is 3. The SMILES string of the molecule is C.C.C.C.C=C(O[B]O)c1ccccc1.C=CCBr.C=CCc1c(Cl)nc(C)nc1OC.C=CCc1c(OC)nc(C)nc1C(=C)c1ccccc1.COc1cc(Cl)nc(C)n1.COc1nc(C)nc2c1C=CC2c1ccccc1.COc1nc(C)nc2c1CCC2c1ccccc1.Clc1nc(Cl)c2c(n1)C(c1ccccc1)CC2.[HH]. The van der Waals surface area contributed by atoms with Crippen molar-refractivity contribution < 1.29 is 34.8 Å². The molecule has 6 aromatic heterocycles. The van der Waals surface area contributed by atoms with Gasteiger partial charge >= 0.3 is 7.69 Å². The summed E-state index contributed by atoms with van der Waals surface area (Å²) in [5.41, 5.74) is 15.5. The Morgan fingerprint density at radius 1 is 0.478 bits per heavy atom. The van der Waals surface area contributed by atoms with Crippen molar-refractivity contribution in [3.05, 3.63) is 343 Å². The number of rotatable bonds is 18. The Balaban J connectivity index is 0.000000457. The molecule has 0 saturated carbocycles. The van der Waals surface area contributed by atoms with Crippen LogP contribution in [-0.4, -0.2) is 113 Å². The molecule has 115 heavy (non-hydrogen) atoms. The summed E-state index contributed by atoms with van der Waals surface area (Å²) in [6.07, 6.45) is 14.8. The second kappa shape index (κ2) is 51.4. The van der Waals surface area contributed by atoms with Crippen LogP contribution in [0.1, 0.15) is 169 Å². The van der Waals surface area contributed by atoms with Crippen LogP contribution < -0.4 is 23.7 Å². The Morgan fingerprint density at radius 3 is 1.39 bits per heavy atom. The average molecular weight is 1700 g/mol. The predicted octanol–water partition coefficient (Wildman–Crippen LogP) is 22.4. The number of aryl methyl sites for hydroxylation is 5. The standard InChI is InChI=1S/C17H18N2O.C15H16N2O.C15H14N2O.C13H10Cl2N2.C9H11ClN2O.C8H8BO2.C6H7ClN2O.C3H5Br.4CH4.H2/c1-5-9-15-16(18-13(3)19-17(15)20-4)12(2)14-10-7-6-8-11-14;2*1-10-16-14-12(11-6-4-3-5-7-11)8-9-13(14)15(17-10)18-2;14-12-10-7-6-9(8-4-2-1-3-5-8)11(10)16-13(15)17-12;1-4-5-7-8(10)11-6(2)12-9(7)13-3;1-7(11-9-10)8-5-3-2-4-6-8;1-4-8-5(7)3-6(9-4)10-2;1-2-3-4;;;;;/h5-8,10-11H,1-2,9H2,3-4H3;3-7,12H,8-9H2,1-2H3;3-9,12H,1-2H3;1-5,9H,6-7H2;4H,1,5H2,2-3H3;2-6,10H,1H2;3H,1-2H3;2H,1,3H2;4*1H4;1H. The molecule has 0 spiro atoms. The van der Waals surface area contributed by atoms with Gasteiger partial charge in [0.2, 0.25) is 34.7 Å². The van der Waals surface area contributed by atoms with Crippen LogP contribution in [0.5, 0.6) is 29.4 Å². The Hall–Kier alpha value is -10.5. The van der Waals surface area contributed by atoms with Crippen molar-refractivity contribution in [1.29, 1.82) is 0 Å². The first-order chi connectivity index (χ1) is 53.7. The number of allylic oxidation sites excluding steroid dienone is 4. The fourth-order valence-electron chi connectivity index (χ4n) is 11.9. The molecule has 0 aliphatic heterocycles. The minimum atomic E-state index is 0. The van der Waals surface area contributed by atoms with Crippen molar-refractivity contribution in [2.24, 2.45) is 0 Å². The molecule has 3 aliphatic carbocycles. The monoisotopic (exact) mass is 1700 g/mol. The van der Waals surface area contributed by atoms with Crippen molar-refractivity contribution in [2.75, 3.05) is 40.9 Å². The van der Waals surface area contributed by atoms with Gasteiger partial charge in [0.05, 0.1) is 69.5 Å². The maximum Gasteiger partial charge on any atom is 0.569 e. The van der Waals surface area contributed by atoms with E-state index >= 15 is 0 Å². The van der Waals surface area contributed by atoms with Crippen LogP contribution in [0.2, 0.25) is 20.7 Å². The Kier molecular flexibility index (Phi) is 44.1. The third-order valence-corrected chi connectivity index (χ3v) is 18.3. The van der Waals surface area contributed by atoms with E-state index in [0.717, 1.165) is 110 Å². The number of ether oxygens (including phenoxy) is 5. The van der Waals surface area contributed by atoms with Gasteiger partial charge in [-0.3, -0.25) is 0 Å². The van der Waals surface area contributed by atoms with E-state index in [1.165, 1.54) is 29.4 Å². The first-order valence-corrected chi connectivity index (χ1v) is 37.7. The van der Waals surface area contributed by atoms with Crippen LogP contribution in [0.3, 0.4) is 0 Å². The van der Waals surface area contributed by atoms with Crippen molar-refractivity contribution >= 4 is 87.4 Å². The van der Waals surface area contributed by atoms with Gasteiger partial charge in [-0.25, -0.2) is 34.9 Å². The lowest BCUT2D eigenvalue weighted by Gasteiger charge is -2.14. The van der Waals surface area contributed by atoms with E-state index < -0.39 is 0 Å². The van der Waals surface area contributed by atoms with Crippen LogP contribution in [-0.2, 0) is 30.3 Å². The smallest absolute Gasteiger partial charge is 0.537 e. The molecule has 0 bridgehead atoms. The Labute approximate surface area is 711 Å². The summed E-state index contributed by atoms with van der Waals surface area (Å²) in [7, 11) is 8.66. The number of nitrogens with zero attached hydrogens (tertiary/aromatic N) is 12. The highest BCUT2D eigenvalue weighted by Gasteiger charge is 2.31. The number of hydrogen-bond acceptors (Lipinski definition) is 19. The zero-order valence-electron chi connectivity index (χ0n) is 63.8. The molecule has 0 fully saturated rings. The van der Waals surface area contributed by atoms with Gasteiger partial charge in [-0.15, -0.1) is 19.7 Å². The number of benzene rings is 5. The largest absolute Gasteiger partial charge is 0.569 e. The minimum absolute atomic E-state index is 0. The van der Waals surface area contributed by atoms with Gasteiger partial charge in [0.1, 0.15) is 50.3 Å². The van der Waals surface area contributed by atoms with Crippen LogP contribution >= 0.6 is 62.3 Å². The normalized spacial score (nSPS) is 12.8. The molecule has 1 radical (unpaired) electrons. The maximum absolute atomic E-state index is 8.29. The highest BCUT2D eigenvalue weighted by Crippen LogP contribution is 2.42. The van der Waals surface area contributed by atoms with Crippen molar-refractivity contribution in [2.45, 2.75) is 121 Å². The number of methoxy groups -OCH3 is 5. The molecule has 0 amide bonds. The summed E-state index contributed by atoms with van der Waals surface area (Å²) < 4.78 is 30.6. The van der Waals surface area contributed by atoms with Gasteiger partial charge in [-0.1, -0.05) is 276 Å². The second-order valence-corrected chi connectivity index (χ2v) is 26.4. The van der Waals surface area contributed by atoms with Crippen molar-refractivity contribution in [1.82, 2.24) is 59.8 Å². The number of aromatic nitrogens is 12. The summed E-state index contributed by atoms with van der Waals surface area (Å²) >= 11 is 26.6. The van der Waals surface area contributed by atoms with Gasteiger partial charge in [0, 0.05) is 58.4 Å². The van der Waals surface area contributed by atoms with Crippen LogP contribution in [0.4, 0.5) is 0 Å². The zero-order valence-corrected chi connectivity index (χ0v) is 68.5. The molecule has 5 aromatic carbocycles. The number of alkyl halides is 1. The maximum atomic E-state index is 8.29. The molecule has 6 heterocycles. The van der Waals surface area contributed by atoms with E-state index in [1.54, 1.807) is 60.5 Å². The van der Waals surface area contributed by atoms with Crippen LogP contribution in [0, 0.1) is 34.6 Å². The van der Waals surface area contributed by atoms with Crippen molar-refractivity contribution in [3.63, 3.8) is 0 Å². The van der Waals surface area contributed by atoms with Crippen LogP contribution in [0.15, 0.2) is 215 Å². The van der Waals surface area contributed by atoms with Gasteiger partial charge in [0.25, 0.3) is 0 Å². The molecular weight excluding hydrogens is 1590 g/mol. The molecule has 11 aromatic rings. The number of hydrogen-bond donors (Lipinski definition) is 1. The number of halogens is 5. The molecule has 0 saturated heterocycles. The van der Waals surface area contributed by atoms with Gasteiger partial charge in [-0.2, -0.15) is 24.9 Å².